The lowest BCUT2D eigenvalue weighted by Gasteiger charge is -2.49. The molecule has 0 spiro atoms. The Kier molecular flexibility index (Phi) is 4.15. The van der Waals surface area contributed by atoms with Crippen molar-refractivity contribution in [2.24, 2.45) is 11.3 Å². The number of aliphatic carboxylic acids is 1. The summed E-state index contributed by atoms with van der Waals surface area (Å²) in [7, 11) is 0. The molecule has 0 aliphatic heterocycles. The van der Waals surface area contributed by atoms with Crippen molar-refractivity contribution in [2.45, 2.75) is 45.6 Å². The fourth-order valence-electron chi connectivity index (χ4n) is 2.67. The molecule has 0 aromatic heterocycles. The molecule has 0 aromatic carbocycles. The van der Waals surface area contributed by atoms with E-state index in [1.165, 1.54) is 6.08 Å². The number of allylic oxidation sites excluding steroid dienone is 2. The highest BCUT2D eigenvalue weighted by Crippen LogP contribution is 2.47. The van der Waals surface area contributed by atoms with Gasteiger partial charge in [-0.25, -0.2) is 4.79 Å². The van der Waals surface area contributed by atoms with E-state index in [0.717, 1.165) is 25.3 Å². The monoisotopic (exact) mass is 238 g/mol. The van der Waals surface area contributed by atoms with Crippen LogP contribution in [0.15, 0.2) is 24.3 Å². The first-order chi connectivity index (χ1) is 7.79. The first-order valence-electron chi connectivity index (χ1n) is 6.11. The van der Waals surface area contributed by atoms with E-state index in [1.807, 2.05) is 6.92 Å². The number of rotatable bonds is 3. The predicted molar refractivity (Wildman–Crippen MR) is 67.7 cm³/mol. The molecule has 0 amide bonds. The third-order valence-corrected chi connectivity index (χ3v) is 3.97. The highest BCUT2D eigenvalue weighted by Gasteiger charge is 2.47. The first kappa shape index (κ1) is 14.0. The van der Waals surface area contributed by atoms with Crippen LogP contribution in [0.5, 0.6) is 0 Å². The van der Waals surface area contributed by atoms with Crippen LogP contribution >= 0.6 is 0 Å². The maximum atomic E-state index is 10.8. The Labute approximate surface area is 103 Å². The summed E-state index contributed by atoms with van der Waals surface area (Å²) < 4.78 is 0. The topological polar surface area (TPSA) is 57.5 Å². The van der Waals surface area contributed by atoms with Gasteiger partial charge in [0.15, 0.2) is 0 Å². The van der Waals surface area contributed by atoms with Gasteiger partial charge in [-0.3, -0.25) is 0 Å². The Morgan fingerprint density at radius 2 is 2.00 bits per heavy atom. The van der Waals surface area contributed by atoms with Gasteiger partial charge in [-0.15, -0.1) is 0 Å². The van der Waals surface area contributed by atoms with E-state index in [9.17, 15) is 9.90 Å². The van der Waals surface area contributed by atoms with Crippen molar-refractivity contribution < 1.29 is 15.0 Å². The summed E-state index contributed by atoms with van der Waals surface area (Å²) in [5, 5.41) is 19.3. The molecule has 0 bridgehead atoms. The molecule has 0 saturated heterocycles. The van der Waals surface area contributed by atoms with Crippen LogP contribution in [0.4, 0.5) is 0 Å². The number of aliphatic hydroxyl groups is 1. The summed E-state index contributed by atoms with van der Waals surface area (Å²) in [6, 6.07) is 0. The SMILES string of the molecule is C[C@H]1CCCC(C)(C)[C@]1(O)/C=C/C=C\C(=O)O. The summed E-state index contributed by atoms with van der Waals surface area (Å²) >= 11 is 0. The van der Waals surface area contributed by atoms with Crippen LogP contribution in [0.25, 0.3) is 0 Å². The lowest BCUT2D eigenvalue weighted by atomic mass is 9.60. The Hall–Kier alpha value is -1.09. The van der Waals surface area contributed by atoms with Gasteiger partial charge < -0.3 is 10.2 Å². The van der Waals surface area contributed by atoms with Crippen LogP contribution in [0, 0.1) is 11.3 Å². The quantitative estimate of drug-likeness (QED) is 0.587. The molecule has 3 nitrogen and oxygen atoms in total. The first-order valence-corrected chi connectivity index (χ1v) is 6.11. The van der Waals surface area contributed by atoms with Crippen LogP contribution in [-0.2, 0) is 4.79 Å². The molecule has 2 atom stereocenters. The van der Waals surface area contributed by atoms with Crippen molar-refractivity contribution >= 4 is 5.97 Å². The summed E-state index contributed by atoms with van der Waals surface area (Å²) in [6.45, 7) is 6.17. The smallest absolute Gasteiger partial charge is 0.328 e. The Balaban J connectivity index is 2.86. The number of carbonyl (C=O) groups is 1. The number of hydrogen-bond donors (Lipinski definition) is 2. The normalized spacial score (nSPS) is 33.3. The molecule has 1 rings (SSSR count). The molecule has 0 heterocycles. The van der Waals surface area contributed by atoms with Gasteiger partial charge in [-0.05, 0) is 24.2 Å². The molecule has 3 heteroatoms. The van der Waals surface area contributed by atoms with Crippen molar-refractivity contribution in [3.8, 4) is 0 Å². The van der Waals surface area contributed by atoms with Crippen molar-refractivity contribution in [3.05, 3.63) is 24.3 Å². The maximum absolute atomic E-state index is 10.8. The van der Waals surface area contributed by atoms with Gasteiger partial charge in [0.25, 0.3) is 0 Å². The summed E-state index contributed by atoms with van der Waals surface area (Å²) in [6.07, 6.45) is 9.04. The highest BCUT2D eigenvalue weighted by molar-refractivity contribution is 5.80. The number of carboxylic acid groups (broad SMARTS) is 1. The molecule has 1 fully saturated rings. The zero-order valence-electron chi connectivity index (χ0n) is 10.8. The average Bonchev–Trinajstić information content (AvgIpc) is 2.21. The van der Waals surface area contributed by atoms with Gasteiger partial charge in [-0.1, -0.05) is 45.4 Å². The third kappa shape index (κ3) is 2.97. The molecule has 0 unspecified atom stereocenters. The number of hydrogen-bond acceptors (Lipinski definition) is 2. The molecular weight excluding hydrogens is 216 g/mol. The van der Waals surface area contributed by atoms with Gasteiger partial charge >= 0.3 is 5.97 Å². The van der Waals surface area contributed by atoms with E-state index in [4.69, 9.17) is 5.11 Å². The van der Waals surface area contributed by atoms with Gasteiger partial charge in [0.1, 0.15) is 0 Å². The fraction of sp³-hybridized carbons (Fsp3) is 0.643. The van der Waals surface area contributed by atoms with E-state index in [-0.39, 0.29) is 11.3 Å². The second-order valence-electron chi connectivity index (χ2n) is 5.56. The van der Waals surface area contributed by atoms with E-state index in [2.05, 4.69) is 13.8 Å². The number of carboxylic acids is 1. The van der Waals surface area contributed by atoms with Crippen molar-refractivity contribution in [1.29, 1.82) is 0 Å². The standard InChI is InChI=1S/C14H22O3/c1-11-7-6-9-13(2,3)14(11,17)10-5-4-8-12(15)16/h4-5,8,10-11,17H,6-7,9H2,1-3H3,(H,15,16)/b8-4-,10-5+/t11-,14-/m0/s1. The minimum absolute atomic E-state index is 0.168. The summed E-state index contributed by atoms with van der Waals surface area (Å²) in [4.78, 5) is 10.3. The van der Waals surface area contributed by atoms with Gasteiger partial charge in [0.2, 0.25) is 0 Å². The molecule has 0 radical (unpaired) electrons. The molecule has 1 saturated carbocycles. The van der Waals surface area contributed by atoms with E-state index in [0.29, 0.717) is 0 Å². The molecule has 0 aromatic rings. The van der Waals surface area contributed by atoms with E-state index >= 15 is 0 Å². The average molecular weight is 238 g/mol. The maximum Gasteiger partial charge on any atom is 0.328 e. The molecule has 1 aliphatic rings. The van der Waals surface area contributed by atoms with E-state index < -0.39 is 11.6 Å². The van der Waals surface area contributed by atoms with Gasteiger partial charge in [0, 0.05) is 6.08 Å². The Morgan fingerprint density at radius 3 is 2.53 bits per heavy atom. The third-order valence-electron chi connectivity index (χ3n) is 3.97. The minimum atomic E-state index is -0.974. The predicted octanol–water partition coefficient (Wildman–Crippen LogP) is 2.76. The molecule has 17 heavy (non-hydrogen) atoms. The van der Waals surface area contributed by atoms with Gasteiger partial charge in [-0.2, -0.15) is 0 Å². The lowest BCUT2D eigenvalue weighted by Crippen LogP contribution is -2.50. The molecule has 2 N–H and O–H groups in total. The summed E-state index contributed by atoms with van der Waals surface area (Å²) in [5.74, 6) is -0.779. The zero-order chi connectivity index (χ0) is 13.1. The molecule has 1 aliphatic carbocycles. The van der Waals surface area contributed by atoms with Crippen molar-refractivity contribution in [3.63, 3.8) is 0 Å². The minimum Gasteiger partial charge on any atom is -0.478 e. The Morgan fingerprint density at radius 1 is 1.35 bits per heavy atom. The second kappa shape index (κ2) is 5.05. The Bertz CT molecular complexity index is 341. The summed E-state index contributed by atoms with van der Waals surface area (Å²) in [5.41, 5.74) is -1.02. The van der Waals surface area contributed by atoms with Crippen LogP contribution in [0.1, 0.15) is 40.0 Å². The highest BCUT2D eigenvalue weighted by atomic mass is 16.4. The zero-order valence-corrected chi connectivity index (χ0v) is 10.8. The van der Waals surface area contributed by atoms with Crippen LogP contribution in [-0.4, -0.2) is 21.8 Å². The van der Waals surface area contributed by atoms with Crippen LogP contribution in [0.2, 0.25) is 0 Å². The van der Waals surface area contributed by atoms with Crippen molar-refractivity contribution in [1.82, 2.24) is 0 Å². The van der Waals surface area contributed by atoms with Gasteiger partial charge in [0.05, 0.1) is 5.60 Å². The van der Waals surface area contributed by atoms with E-state index in [1.54, 1.807) is 12.2 Å². The van der Waals surface area contributed by atoms with Crippen molar-refractivity contribution in [2.75, 3.05) is 0 Å². The van der Waals surface area contributed by atoms with Crippen LogP contribution in [0.3, 0.4) is 0 Å². The van der Waals surface area contributed by atoms with Crippen LogP contribution < -0.4 is 0 Å². The lowest BCUT2D eigenvalue weighted by molar-refractivity contribution is -0.131. The molecule has 96 valence electrons. The fourth-order valence-corrected chi connectivity index (χ4v) is 2.67. The largest absolute Gasteiger partial charge is 0.478 e. The second-order valence-corrected chi connectivity index (χ2v) is 5.56. The molecular formula is C14H22O3.